The molecule has 0 aliphatic carbocycles. The lowest BCUT2D eigenvalue weighted by Crippen LogP contribution is -2.10. The number of fused-ring (bicyclic) bond motifs is 1. The molecule has 1 heterocycles. The SMILES string of the molecule is CC.CC(N)=NCC#N.CC(N)=NCCCC#N.CN1CCCC1.Cc1ccc2ccccc2c1.Cc1ccccc1. The molecule has 42 heavy (non-hydrogen) atoms. The Hall–Kier alpha value is -4.20. The van der Waals surface area contributed by atoms with Gasteiger partial charge in [-0.25, -0.2) is 0 Å². The van der Waals surface area contributed by atoms with Gasteiger partial charge in [0, 0.05) is 13.0 Å². The second-order valence-corrected chi connectivity index (χ2v) is 9.42. The highest BCUT2D eigenvalue weighted by Crippen LogP contribution is 2.14. The second kappa shape index (κ2) is 28.3. The van der Waals surface area contributed by atoms with E-state index in [4.69, 9.17) is 22.0 Å². The fourth-order valence-corrected chi connectivity index (χ4v) is 3.29. The fourth-order valence-electron chi connectivity index (χ4n) is 3.29. The Morgan fingerprint density at radius 3 is 1.71 bits per heavy atom. The summed E-state index contributed by atoms with van der Waals surface area (Å²) >= 11 is 0. The van der Waals surface area contributed by atoms with Gasteiger partial charge in [-0.2, -0.15) is 10.5 Å². The zero-order valence-electron chi connectivity index (χ0n) is 27.0. The van der Waals surface area contributed by atoms with Crippen LogP contribution in [0.4, 0.5) is 0 Å². The van der Waals surface area contributed by atoms with Gasteiger partial charge in [0.05, 0.1) is 23.8 Å². The molecule has 228 valence electrons. The minimum Gasteiger partial charge on any atom is -0.388 e. The maximum atomic E-state index is 8.10. The van der Waals surface area contributed by atoms with Crippen LogP contribution in [-0.2, 0) is 0 Å². The molecule has 0 saturated carbocycles. The first kappa shape index (κ1) is 39.9. The van der Waals surface area contributed by atoms with E-state index in [-0.39, 0.29) is 6.54 Å². The van der Waals surface area contributed by atoms with Crippen LogP contribution in [0.1, 0.15) is 64.5 Å². The standard InChI is InChI=1S/C11H10.C7H8.C6H11N3.C5H11N.C4H7N3.C2H6/c1-9-6-7-10-4-2-3-5-11(10)8-9;1-7-5-3-2-4-6-7;1-6(8)9-5-3-2-4-7;1-6-4-2-3-5-6;1-4(6)7-3-2-5;1-2/h2-8H,1H3;2-6H,1H3;2-3,5H2,1H3,(H2,8,9);2-5H2,1H3;3H2,1H3,(H2,6,7);1-2H3. The maximum Gasteiger partial charge on any atom is 0.128 e. The van der Waals surface area contributed by atoms with E-state index in [9.17, 15) is 0 Å². The summed E-state index contributed by atoms with van der Waals surface area (Å²) in [6.07, 6.45) is 4.20. The lowest BCUT2D eigenvalue weighted by molar-refractivity contribution is 0.418. The van der Waals surface area contributed by atoms with E-state index >= 15 is 0 Å². The minimum absolute atomic E-state index is 0.169. The predicted octanol–water partition coefficient (Wildman–Crippen LogP) is 7.44. The molecule has 7 nitrogen and oxygen atoms in total. The molecule has 0 atom stereocenters. The van der Waals surface area contributed by atoms with Crippen LogP contribution in [0, 0.1) is 36.5 Å². The van der Waals surface area contributed by atoms with E-state index in [1.165, 1.54) is 47.8 Å². The van der Waals surface area contributed by atoms with Gasteiger partial charge in [0.1, 0.15) is 6.54 Å². The van der Waals surface area contributed by atoms with Crippen LogP contribution in [-0.4, -0.2) is 49.8 Å². The first-order valence-electron chi connectivity index (χ1n) is 14.6. The third-order valence-corrected chi connectivity index (χ3v) is 5.38. The second-order valence-electron chi connectivity index (χ2n) is 9.42. The van der Waals surface area contributed by atoms with E-state index in [0.717, 1.165) is 6.42 Å². The minimum atomic E-state index is 0.169. The van der Waals surface area contributed by atoms with E-state index in [2.05, 4.69) is 90.4 Å². The van der Waals surface area contributed by atoms with Crippen LogP contribution in [0.5, 0.6) is 0 Å². The molecule has 0 spiro atoms. The Morgan fingerprint density at radius 1 is 0.762 bits per heavy atom. The summed E-state index contributed by atoms with van der Waals surface area (Å²) in [5.74, 6) is 1.05. The molecule has 0 amide bonds. The summed E-state index contributed by atoms with van der Waals surface area (Å²) in [7, 11) is 2.17. The van der Waals surface area contributed by atoms with Gasteiger partial charge in [-0.15, -0.1) is 0 Å². The molecule has 1 saturated heterocycles. The summed E-state index contributed by atoms with van der Waals surface area (Å²) in [4.78, 5) is 9.84. The molecule has 1 aliphatic rings. The average Bonchev–Trinajstić information content (AvgIpc) is 3.48. The summed E-state index contributed by atoms with van der Waals surface area (Å²) in [6.45, 7) is 15.1. The van der Waals surface area contributed by atoms with Crippen molar-refractivity contribution in [1.82, 2.24) is 4.90 Å². The average molecular weight is 572 g/mol. The van der Waals surface area contributed by atoms with Gasteiger partial charge in [-0.05, 0) is 77.9 Å². The highest BCUT2D eigenvalue weighted by Gasteiger charge is 2.03. The van der Waals surface area contributed by atoms with Gasteiger partial charge in [0.2, 0.25) is 0 Å². The van der Waals surface area contributed by atoms with Crippen molar-refractivity contribution in [3.05, 3.63) is 83.9 Å². The molecule has 0 aromatic heterocycles. The molecule has 7 heteroatoms. The van der Waals surface area contributed by atoms with E-state index in [0.29, 0.717) is 24.6 Å². The molecule has 1 fully saturated rings. The highest BCUT2D eigenvalue weighted by molar-refractivity contribution is 5.82. The third-order valence-electron chi connectivity index (χ3n) is 5.38. The number of rotatable bonds is 4. The summed E-state index contributed by atoms with van der Waals surface area (Å²) in [6, 6.07) is 29.0. The van der Waals surface area contributed by atoms with Gasteiger partial charge in [0.25, 0.3) is 0 Å². The number of amidine groups is 2. The Morgan fingerprint density at radius 2 is 1.31 bits per heavy atom. The van der Waals surface area contributed by atoms with Crippen LogP contribution >= 0.6 is 0 Å². The molecule has 0 unspecified atom stereocenters. The van der Waals surface area contributed by atoms with Crippen molar-refractivity contribution in [3.8, 4) is 12.1 Å². The molecule has 0 radical (unpaired) electrons. The van der Waals surface area contributed by atoms with Crippen LogP contribution in [0.15, 0.2) is 82.8 Å². The van der Waals surface area contributed by atoms with Gasteiger partial charge in [-0.1, -0.05) is 97.8 Å². The normalized spacial score (nSPS) is 12.0. The smallest absolute Gasteiger partial charge is 0.128 e. The van der Waals surface area contributed by atoms with E-state index in [1.54, 1.807) is 13.8 Å². The number of hydrogen-bond acceptors (Lipinski definition) is 5. The molecule has 4 N–H and O–H groups in total. The van der Waals surface area contributed by atoms with Gasteiger partial charge in [-0.3, -0.25) is 9.98 Å². The molecule has 0 bridgehead atoms. The molecule has 3 aromatic rings. The Bertz CT molecular complexity index is 1190. The number of hydrogen-bond donors (Lipinski definition) is 2. The van der Waals surface area contributed by atoms with Crippen LogP contribution in [0.2, 0.25) is 0 Å². The van der Waals surface area contributed by atoms with Gasteiger partial charge in [0.15, 0.2) is 0 Å². The maximum absolute atomic E-state index is 8.10. The first-order valence-corrected chi connectivity index (χ1v) is 14.6. The number of aliphatic imine (C=N–C) groups is 2. The Balaban J connectivity index is 0. The highest BCUT2D eigenvalue weighted by atomic mass is 15.1. The number of unbranched alkanes of at least 4 members (excludes halogenated alkanes) is 1. The van der Waals surface area contributed by atoms with E-state index in [1.807, 2.05) is 44.2 Å². The zero-order valence-corrected chi connectivity index (χ0v) is 27.0. The Labute approximate surface area is 255 Å². The number of nitriles is 2. The van der Waals surface area contributed by atoms with Crippen LogP contribution in [0.25, 0.3) is 10.8 Å². The third kappa shape index (κ3) is 26.0. The fraction of sp³-hybridized carbons (Fsp3) is 0.429. The molecular formula is C35H53N7. The largest absolute Gasteiger partial charge is 0.388 e. The van der Waals surface area contributed by atoms with Gasteiger partial charge < -0.3 is 16.4 Å². The van der Waals surface area contributed by atoms with Crippen molar-refractivity contribution >= 4 is 22.4 Å². The van der Waals surface area contributed by atoms with Crippen molar-refractivity contribution in [1.29, 1.82) is 10.5 Å². The number of nitrogens with two attached hydrogens (primary N) is 2. The van der Waals surface area contributed by atoms with Crippen LogP contribution < -0.4 is 11.5 Å². The van der Waals surface area contributed by atoms with Crippen molar-refractivity contribution < 1.29 is 0 Å². The van der Waals surface area contributed by atoms with E-state index < -0.39 is 0 Å². The van der Waals surface area contributed by atoms with Gasteiger partial charge >= 0.3 is 0 Å². The first-order chi connectivity index (χ1) is 20.2. The topological polar surface area (TPSA) is 128 Å². The molecular weight excluding hydrogens is 518 g/mol. The van der Waals surface area contributed by atoms with Crippen molar-refractivity contribution in [2.45, 2.75) is 67.2 Å². The number of benzene rings is 3. The number of nitrogens with zero attached hydrogens (tertiary/aromatic N) is 5. The van der Waals surface area contributed by atoms with Crippen LogP contribution in [0.3, 0.4) is 0 Å². The zero-order chi connectivity index (χ0) is 32.0. The number of likely N-dealkylation sites (tertiary alicyclic amines) is 1. The lowest BCUT2D eigenvalue weighted by atomic mass is 10.1. The molecule has 3 aromatic carbocycles. The van der Waals surface area contributed by atoms with Crippen molar-refractivity contribution in [2.75, 3.05) is 33.2 Å². The summed E-state index contributed by atoms with van der Waals surface area (Å²) < 4.78 is 0. The lowest BCUT2D eigenvalue weighted by Gasteiger charge is -2.01. The van der Waals surface area contributed by atoms with Crippen molar-refractivity contribution in [2.24, 2.45) is 21.5 Å². The molecule has 1 aliphatic heterocycles. The monoisotopic (exact) mass is 571 g/mol. The predicted molar refractivity (Wildman–Crippen MR) is 183 cm³/mol. The quantitative estimate of drug-likeness (QED) is 0.146. The summed E-state index contributed by atoms with van der Waals surface area (Å²) in [5.41, 5.74) is 13.0. The Kier molecular flexibility index (Phi) is 26.9. The number of aryl methyl sites for hydroxylation is 2. The molecule has 4 rings (SSSR count). The van der Waals surface area contributed by atoms with Crippen molar-refractivity contribution in [3.63, 3.8) is 0 Å². The summed E-state index contributed by atoms with van der Waals surface area (Å²) in [5, 5.41) is 18.6.